The van der Waals surface area contributed by atoms with Crippen LogP contribution >= 0.6 is 0 Å². The average Bonchev–Trinajstić information content (AvgIpc) is 2.28. The average molecular weight is 241 g/mol. The second kappa shape index (κ2) is 4.24. The van der Waals surface area contributed by atoms with E-state index < -0.39 is 12.1 Å². The molecule has 1 aliphatic carbocycles. The Kier molecular flexibility index (Phi) is 2.92. The number of benzene rings is 1. The topological polar surface area (TPSA) is 29.1 Å². The Morgan fingerprint density at radius 1 is 1.18 bits per heavy atom. The highest BCUT2D eigenvalue weighted by molar-refractivity contribution is 5.95. The van der Waals surface area contributed by atoms with Gasteiger partial charge in [0.2, 0.25) is 0 Å². The van der Waals surface area contributed by atoms with Gasteiger partial charge in [-0.05, 0) is 30.0 Å². The first kappa shape index (κ1) is 11.7. The van der Waals surface area contributed by atoms with E-state index in [1.807, 2.05) is 23.5 Å². The molecule has 1 N–H and O–H groups in total. The third-order valence-corrected chi connectivity index (χ3v) is 2.61. The fourth-order valence-electron chi connectivity index (χ4n) is 1.79. The molecule has 0 unspecified atom stereocenters. The summed E-state index contributed by atoms with van der Waals surface area (Å²) in [4.78, 5) is 10.9. The number of anilines is 1. The zero-order valence-electron chi connectivity index (χ0n) is 8.84. The molecule has 1 aromatic carbocycles. The molecule has 0 saturated carbocycles. The first-order valence-corrected chi connectivity index (χ1v) is 5.12. The standard InChI is InChI=1S/C12H10F3NO/c13-12(14,15)11(17)16-10-7-3-5-8-4-1-2-6-9(8)10/h1-3,5,7H,4,6H2,(H,16,17). The molecule has 0 radical (unpaired) electrons. The molecule has 0 spiro atoms. The van der Waals surface area contributed by atoms with Crippen LogP contribution in [0.2, 0.25) is 0 Å². The van der Waals surface area contributed by atoms with Gasteiger partial charge < -0.3 is 5.32 Å². The highest BCUT2D eigenvalue weighted by Crippen LogP contribution is 2.26. The number of alkyl halides is 3. The molecule has 2 nitrogen and oxygen atoms in total. The summed E-state index contributed by atoms with van der Waals surface area (Å²) in [5, 5.41) is 1.91. The zero-order valence-corrected chi connectivity index (χ0v) is 8.84. The van der Waals surface area contributed by atoms with Crippen molar-refractivity contribution >= 4 is 11.6 Å². The van der Waals surface area contributed by atoms with Crippen LogP contribution in [0, 0.1) is 0 Å². The van der Waals surface area contributed by atoms with Crippen molar-refractivity contribution in [3.05, 3.63) is 41.5 Å². The number of carbonyl (C=O) groups excluding carboxylic acids is 1. The van der Waals surface area contributed by atoms with E-state index >= 15 is 0 Å². The minimum Gasteiger partial charge on any atom is -0.318 e. The van der Waals surface area contributed by atoms with Crippen LogP contribution in [-0.2, 0) is 17.6 Å². The minimum absolute atomic E-state index is 0.245. The van der Waals surface area contributed by atoms with Gasteiger partial charge in [-0.1, -0.05) is 24.3 Å². The molecule has 1 amide bonds. The van der Waals surface area contributed by atoms with Gasteiger partial charge in [0.1, 0.15) is 0 Å². The molecule has 90 valence electrons. The van der Waals surface area contributed by atoms with E-state index in [1.54, 1.807) is 6.07 Å². The van der Waals surface area contributed by atoms with Crippen molar-refractivity contribution in [3.63, 3.8) is 0 Å². The van der Waals surface area contributed by atoms with E-state index in [9.17, 15) is 18.0 Å². The van der Waals surface area contributed by atoms with Crippen molar-refractivity contribution in [2.75, 3.05) is 5.32 Å². The minimum atomic E-state index is -4.85. The number of nitrogens with one attached hydrogen (secondary N) is 1. The molecule has 0 saturated heterocycles. The normalized spacial score (nSPS) is 14.3. The Morgan fingerprint density at radius 2 is 1.88 bits per heavy atom. The molecule has 0 heterocycles. The van der Waals surface area contributed by atoms with Crippen LogP contribution in [0.3, 0.4) is 0 Å². The summed E-state index contributed by atoms with van der Waals surface area (Å²) >= 11 is 0. The number of hydrogen-bond donors (Lipinski definition) is 1. The van der Waals surface area contributed by atoms with Gasteiger partial charge in [-0.3, -0.25) is 4.79 Å². The van der Waals surface area contributed by atoms with Crippen LogP contribution in [-0.4, -0.2) is 12.1 Å². The molecule has 5 heteroatoms. The van der Waals surface area contributed by atoms with E-state index in [1.165, 1.54) is 6.07 Å². The summed E-state index contributed by atoms with van der Waals surface area (Å²) in [5.41, 5.74) is 1.95. The van der Waals surface area contributed by atoms with Gasteiger partial charge >= 0.3 is 12.1 Å². The van der Waals surface area contributed by atoms with Gasteiger partial charge in [-0.25, -0.2) is 0 Å². The van der Waals surface area contributed by atoms with Gasteiger partial charge in [0.15, 0.2) is 0 Å². The number of allylic oxidation sites excluding steroid dienone is 2. The Morgan fingerprint density at radius 3 is 2.59 bits per heavy atom. The predicted octanol–water partition coefficient (Wildman–Crippen LogP) is 2.84. The van der Waals surface area contributed by atoms with E-state index in [0.717, 1.165) is 11.1 Å². The summed E-state index contributed by atoms with van der Waals surface area (Å²) in [6.45, 7) is 0. The lowest BCUT2D eigenvalue weighted by Crippen LogP contribution is -2.30. The first-order chi connectivity index (χ1) is 7.98. The molecule has 2 rings (SSSR count). The van der Waals surface area contributed by atoms with Crippen LogP contribution < -0.4 is 5.32 Å². The Balaban J connectivity index is 2.26. The highest BCUT2D eigenvalue weighted by Gasteiger charge is 2.39. The summed E-state index contributed by atoms with van der Waals surface area (Å²) in [6, 6.07) is 4.98. The second-order valence-electron chi connectivity index (χ2n) is 3.77. The van der Waals surface area contributed by atoms with Gasteiger partial charge in [0.05, 0.1) is 0 Å². The van der Waals surface area contributed by atoms with Crippen molar-refractivity contribution in [1.29, 1.82) is 0 Å². The number of hydrogen-bond acceptors (Lipinski definition) is 1. The lowest BCUT2D eigenvalue weighted by Gasteiger charge is -2.16. The molecule has 1 aromatic rings. The maximum absolute atomic E-state index is 12.1. The Hall–Kier alpha value is -1.78. The highest BCUT2D eigenvalue weighted by atomic mass is 19.4. The van der Waals surface area contributed by atoms with Crippen LogP contribution in [0.15, 0.2) is 30.4 Å². The predicted molar refractivity (Wildman–Crippen MR) is 57.7 cm³/mol. The number of fused-ring (bicyclic) bond motifs is 1. The monoisotopic (exact) mass is 241 g/mol. The molecular formula is C12H10F3NO. The van der Waals surface area contributed by atoms with Crippen molar-refractivity contribution in [2.45, 2.75) is 19.0 Å². The number of amides is 1. The van der Waals surface area contributed by atoms with Crippen molar-refractivity contribution in [1.82, 2.24) is 0 Å². The van der Waals surface area contributed by atoms with E-state index in [2.05, 4.69) is 0 Å². The Labute approximate surface area is 96.1 Å². The number of rotatable bonds is 1. The van der Waals surface area contributed by atoms with Crippen LogP contribution in [0.25, 0.3) is 0 Å². The van der Waals surface area contributed by atoms with Gasteiger partial charge in [0, 0.05) is 5.69 Å². The maximum Gasteiger partial charge on any atom is 0.471 e. The molecule has 0 atom stereocenters. The van der Waals surface area contributed by atoms with Crippen LogP contribution in [0.1, 0.15) is 11.1 Å². The zero-order chi connectivity index (χ0) is 12.5. The van der Waals surface area contributed by atoms with Gasteiger partial charge in [-0.15, -0.1) is 0 Å². The van der Waals surface area contributed by atoms with E-state index in [0.29, 0.717) is 12.8 Å². The lowest BCUT2D eigenvalue weighted by atomic mass is 9.95. The smallest absolute Gasteiger partial charge is 0.318 e. The lowest BCUT2D eigenvalue weighted by molar-refractivity contribution is -0.167. The molecule has 0 fully saturated rings. The molecule has 1 aliphatic rings. The van der Waals surface area contributed by atoms with Crippen molar-refractivity contribution < 1.29 is 18.0 Å². The fraction of sp³-hybridized carbons (Fsp3) is 0.250. The second-order valence-corrected chi connectivity index (χ2v) is 3.77. The summed E-state index contributed by atoms with van der Waals surface area (Å²) in [7, 11) is 0. The SMILES string of the molecule is O=C(Nc1cccc2c1CC=CC2)C(F)(F)F. The van der Waals surface area contributed by atoms with Crippen LogP contribution in [0.4, 0.5) is 18.9 Å². The summed E-state index contributed by atoms with van der Waals surface area (Å²) < 4.78 is 36.4. The Bertz CT molecular complexity index is 477. The summed E-state index contributed by atoms with van der Waals surface area (Å²) in [5.74, 6) is -1.93. The number of carbonyl (C=O) groups is 1. The molecule has 0 bridgehead atoms. The van der Waals surface area contributed by atoms with Crippen molar-refractivity contribution in [3.8, 4) is 0 Å². The molecule has 17 heavy (non-hydrogen) atoms. The largest absolute Gasteiger partial charge is 0.471 e. The van der Waals surface area contributed by atoms with E-state index in [4.69, 9.17) is 0 Å². The van der Waals surface area contributed by atoms with E-state index in [-0.39, 0.29) is 5.69 Å². The van der Waals surface area contributed by atoms with Crippen molar-refractivity contribution in [2.24, 2.45) is 0 Å². The third kappa shape index (κ3) is 2.49. The van der Waals surface area contributed by atoms with Gasteiger partial charge in [0.25, 0.3) is 0 Å². The fourth-order valence-corrected chi connectivity index (χ4v) is 1.79. The molecular weight excluding hydrogens is 231 g/mol. The van der Waals surface area contributed by atoms with Gasteiger partial charge in [-0.2, -0.15) is 13.2 Å². The number of halogens is 3. The first-order valence-electron chi connectivity index (χ1n) is 5.12. The third-order valence-electron chi connectivity index (χ3n) is 2.61. The van der Waals surface area contributed by atoms with Crippen LogP contribution in [0.5, 0.6) is 0 Å². The molecule has 0 aliphatic heterocycles. The quantitative estimate of drug-likeness (QED) is 0.752. The molecule has 0 aromatic heterocycles. The maximum atomic E-state index is 12.1. The summed E-state index contributed by atoms with van der Waals surface area (Å²) in [6.07, 6.45) is 0.213.